The van der Waals surface area contributed by atoms with Gasteiger partial charge in [0, 0.05) is 0 Å². The molecule has 0 radical (unpaired) electrons. The van der Waals surface area contributed by atoms with Gasteiger partial charge in [-0.3, -0.25) is 0 Å². The second-order valence-corrected chi connectivity index (χ2v) is 20.4. The molecule has 0 amide bonds. The molecule has 2 fully saturated rings. The van der Waals surface area contributed by atoms with Crippen molar-refractivity contribution >= 4 is 171 Å². The highest BCUT2D eigenvalue weighted by molar-refractivity contribution is 9.35. The van der Waals surface area contributed by atoms with Crippen LogP contribution in [0, 0.1) is 0 Å². The number of ether oxygens (including phenoxy) is 1. The molecule has 2 unspecified atom stereocenters. The number of carbonyl (C=O) groups is 2. The summed E-state index contributed by atoms with van der Waals surface area (Å²) in [6, 6.07) is 0. The van der Waals surface area contributed by atoms with Crippen LogP contribution in [-0.4, -0.2) is 33.5 Å². The van der Waals surface area contributed by atoms with E-state index in [0.29, 0.717) is 0 Å². The fourth-order valence-corrected chi connectivity index (χ4v) is 13.4. The van der Waals surface area contributed by atoms with Crippen LogP contribution in [0.15, 0.2) is 0 Å². The molecule has 1 saturated carbocycles. The summed E-state index contributed by atoms with van der Waals surface area (Å²) in [5.41, 5.74) is 0. The Hall–Kier alpha value is 3.94. The lowest BCUT2D eigenvalue weighted by Crippen LogP contribution is -2.81. The van der Waals surface area contributed by atoms with Crippen LogP contribution < -0.4 is 0 Å². The average Bonchev–Trinajstić information content (AvgIpc) is 2.50. The van der Waals surface area contributed by atoms with Crippen LogP contribution in [-0.2, 0) is 14.3 Å². The molecule has 13 heteroatoms. The molecular formula is C8Br10O3. The van der Waals surface area contributed by atoms with E-state index in [1.165, 1.54) is 0 Å². The van der Waals surface area contributed by atoms with Crippen molar-refractivity contribution < 1.29 is 14.3 Å². The highest BCUT2D eigenvalue weighted by Gasteiger charge is 2.92. The molecule has 3 nitrogen and oxygen atoms in total. The maximum absolute atomic E-state index is 12.5. The minimum Gasteiger partial charge on any atom is -0.391 e. The van der Waals surface area contributed by atoms with E-state index in [2.05, 4.69) is 159 Å². The van der Waals surface area contributed by atoms with E-state index in [-0.39, 0.29) is 0 Å². The lowest BCUT2D eigenvalue weighted by atomic mass is 9.79. The zero-order valence-corrected chi connectivity index (χ0v) is 24.9. The van der Waals surface area contributed by atoms with Crippen molar-refractivity contribution in [1.29, 1.82) is 0 Å². The number of cyclic esters (lactones) is 2. The molecule has 1 aliphatic heterocycles. The molecule has 1 heterocycles. The predicted molar refractivity (Wildman–Crippen MR) is 117 cm³/mol. The Balaban J connectivity index is 2.96. The SMILES string of the molecule is O=C1OC(=O)C2(Br)C(Br)(Br)C(Br)(Br)C(Br)(Br)C(Br)(Br)C12Br. The molecule has 2 atom stereocenters. The fraction of sp³-hybridized carbons (Fsp3) is 0.750. The van der Waals surface area contributed by atoms with E-state index in [1.54, 1.807) is 0 Å². The number of fused-ring (bicyclic) bond motifs is 1. The van der Waals surface area contributed by atoms with Gasteiger partial charge in [-0.15, -0.1) is 0 Å². The van der Waals surface area contributed by atoms with Gasteiger partial charge in [0.05, 0.1) is 0 Å². The maximum atomic E-state index is 12.5. The number of hydrogen-bond donors (Lipinski definition) is 0. The van der Waals surface area contributed by atoms with E-state index >= 15 is 0 Å². The largest absolute Gasteiger partial charge is 0.391 e. The summed E-state index contributed by atoms with van der Waals surface area (Å²) in [5.74, 6) is -1.50. The normalized spacial score (nSPS) is 42.4. The summed E-state index contributed by atoms with van der Waals surface area (Å²) >= 11 is 35.0. The standard InChI is InChI=1S/C8Br10O3/c9-3-1(19)21-2(20)4(3,10)6(13,14)8(17,18)7(15,16)5(3,11)12. The van der Waals surface area contributed by atoms with E-state index in [0.717, 1.165) is 0 Å². The first-order chi connectivity index (χ1) is 9.05. The Morgan fingerprint density at radius 3 is 1.00 bits per heavy atom. The Morgan fingerprint density at radius 1 is 0.524 bits per heavy atom. The molecule has 1 aliphatic carbocycles. The van der Waals surface area contributed by atoms with Crippen molar-refractivity contribution in [1.82, 2.24) is 0 Å². The zero-order chi connectivity index (χ0) is 16.9. The van der Waals surface area contributed by atoms with Gasteiger partial charge in [0.15, 0.2) is 8.65 Å². The molecule has 0 aromatic rings. The first kappa shape index (κ1) is 21.2. The van der Waals surface area contributed by atoms with Gasteiger partial charge in [0.25, 0.3) is 0 Å². The fourth-order valence-electron chi connectivity index (χ4n) is 2.02. The third-order valence-corrected chi connectivity index (χ3v) is 24.9. The lowest BCUT2D eigenvalue weighted by Gasteiger charge is -2.62. The summed E-state index contributed by atoms with van der Waals surface area (Å²) in [7, 11) is 0. The molecule has 0 N–H and O–H groups in total. The predicted octanol–water partition coefficient (Wildman–Crippen LogP) is 6.30. The summed E-state index contributed by atoms with van der Waals surface area (Å²) in [5, 5.41) is 0. The number of rotatable bonds is 0. The molecule has 0 bridgehead atoms. The van der Waals surface area contributed by atoms with Crippen LogP contribution in [0.3, 0.4) is 0 Å². The van der Waals surface area contributed by atoms with Gasteiger partial charge in [0.2, 0.25) is 0 Å². The third kappa shape index (κ3) is 2.11. The third-order valence-electron chi connectivity index (χ3n) is 3.27. The van der Waals surface area contributed by atoms with Crippen molar-refractivity contribution in [2.45, 2.75) is 21.6 Å². The minimum atomic E-state index is -1.52. The van der Waals surface area contributed by atoms with Gasteiger partial charge >= 0.3 is 11.9 Å². The summed E-state index contributed by atoms with van der Waals surface area (Å²) < 4.78 is -2.61. The van der Waals surface area contributed by atoms with Gasteiger partial charge in [-0.1, -0.05) is 159 Å². The van der Waals surface area contributed by atoms with Crippen LogP contribution >= 0.6 is 159 Å². The highest BCUT2D eigenvalue weighted by Crippen LogP contribution is 2.81. The molecule has 0 aromatic heterocycles. The van der Waals surface area contributed by atoms with Gasteiger partial charge in [-0.05, 0) is 0 Å². The summed E-state index contributed by atoms with van der Waals surface area (Å²) in [6.45, 7) is 0. The summed E-state index contributed by atoms with van der Waals surface area (Å²) in [4.78, 5) is 24.9. The van der Waals surface area contributed by atoms with Gasteiger partial charge in [0.1, 0.15) is 12.9 Å². The van der Waals surface area contributed by atoms with Crippen LogP contribution in [0.25, 0.3) is 0 Å². The van der Waals surface area contributed by atoms with E-state index in [4.69, 9.17) is 4.74 Å². The van der Waals surface area contributed by atoms with Crippen LogP contribution in [0.2, 0.25) is 0 Å². The molecule has 0 aromatic carbocycles. The monoisotopic (exact) mass is 933 g/mol. The molecule has 2 aliphatic rings. The molecule has 1 saturated heterocycles. The summed E-state index contributed by atoms with van der Waals surface area (Å²) in [6.07, 6.45) is 0. The molecule has 0 spiro atoms. The van der Waals surface area contributed by atoms with Gasteiger partial charge < -0.3 is 4.74 Å². The maximum Gasteiger partial charge on any atom is 0.335 e. The van der Waals surface area contributed by atoms with Crippen molar-refractivity contribution in [2.24, 2.45) is 0 Å². The first-order valence-electron chi connectivity index (χ1n) is 4.71. The number of carbonyl (C=O) groups excluding carboxylic acids is 2. The molecular weight excluding hydrogens is 943 g/mol. The van der Waals surface area contributed by atoms with Gasteiger partial charge in [-0.25, -0.2) is 9.59 Å². The molecule has 2 rings (SSSR count). The van der Waals surface area contributed by atoms with E-state index in [9.17, 15) is 9.59 Å². The number of esters is 2. The van der Waals surface area contributed by atoms with E-state index in [1.807, 2.05) is 0 Å². The second kappa shape index (κ2) is 5.72. The lowest BCUT2D eigenvalue weighted by molar-refractivity contribution is -0.153. The number of alkyl halides is 10. The Bertz CT molecular complexity index is 509. The number of halogens is 10. The minimum absolute atomic E-state index is 0.750. The zero-order valence-electron chi connectivity index (χ0n) is 9.00. The van der Waals surface area contributed by atoms with Crippen LogP contribution in [0.1, 0.15) is 0 Å². The topological polar surface area (TPSA) is 43.4 Å². The van der Waals surface area contributed by atoms with Crippen molar-refractivity contribution in [2.75, 3.05) is 0 Å². The quantitative estimate of drug-likeness (QED) is 0.163. The molecule has 120 valence electrons. The van der Waals surface area contributed by atoms with Crippen molar-refractivity contribution in [3.8, 4) is 0 Å². The van der Waals surface area contributed by atoms with Crippen molar-refractivity contribution in [3.05, 3.63) is 0 Å². The second-order valence-electron chi connectivity index (χ2n) is 4.29. The Labute approximate surface area is 203 Å². The van der Waals surface area contributed by atoms with E-state index < -0.39 is 33.5 Å². The van der Waals surface area contributed by atoms with Crippen LogP contribution in [0.4, 0.5) is 0 Å². The number of hydrogen-bond acceptors (Lipinski definition) is 3. The molecule has 21 heavy (non-hydrogen) atoms. The Morgan fingerprint density at radius 2 is 0.762 bits per heavy atom. The highest BCUT2D eigenvalue weighted by atomic mass is 79.9. The van der Waals surface area contributed by atoms with Gasteiger partial charge in [-0.2, -0.15) is 0 Å². The van der Waals surface area contributed by atoms with Crippen molar-refractivity contribution in [3.63, 3.8) is 0 Å². The average molecular weight is 943 g/mol. The van der Waals surface area contributed by atoms with Crippen LogP contribution in [0.5, 0.6) is 0 Å². The Kier molecular flexibility index (Phi) is 5.78. The first-order valence-corrected chi connectivity index (χ1v) is 12.6. The smallest absolute Gasteiger partial charge is 0.335 e.